The first kappa shape index (κ1) is 29.1. The zero-order chi connectivity index (χ0) is 26.8. The first-order valence-corrected chi connectivity index (χ1v) is 12.4. The van der Waals surface area contributed by atoms with Crippen molar-refractivity contribution in [3.05, 3.63) is 48.0 Å². The lowest BCUT2D eigenvalue weighted by atomic mass is 9.76. The van der Waals surface area contributed by atoms with Gasteiger partial charge in [0.25, 0.3) is 0 Å². The molecule has 1 saturated carbocycles. The molecule has 1 aromatic carbocycles. The lowest BCUT2D eigenvalue weighted by Crippen LogP contribution is -2.53. The highest BCUT2D eigenvalue weighted by Crippen LogP contribution is 2.43. The number of carbonyl (C=O) groups excluding carboxylic acids is 4. The van der Waals surface area contributed by atoms with Crippen LogP contribution in [0.25, 0.3) is 0 Å². The van der Waals surface area contributed by atoms with Crippen LogP contribution in [0.5, 0.6) is 0 Å². The average molecular weight is 502 g/mol. The lowest BCUT2D eigenvalue weighted by molar-refractivity contribution is -0.155. The van der Waals surface area contributed by atoms with Gasteiger partial charge < -0.3 is 19.5 Å². The van der Waals surface area contributed by atoms with Crippen molar-refractivity contribution in [3.8, 4) is 0 Å². The highest BCUT2D eigenvalue weighted by Gasteiger charge is 2.46. The van der Waals surface area contributed by atoms with E-state index in [9.17, 15) is 19.2 Å². The fourth-order valence-corrected chi connectivity index (χ4v) is 4.69. The molecule has 0 aliphatic heterocycles. The third-order valence-corrected chi connectivity index (χ3v) is 6.17. The summed E-state index contributed by atoms with van der Waals surface area (Å²) in [7, 11) is 0. The molecule has 1 amide bonds. The fourth-order valence-electron chi connectivity index (χ4n) is 4.69. The molecule has 36 heavy (non-hydrogen) atoms. The molecule has 1 aromatic rings. The van der Waals surface area contributed by atoms with Crippen molar-refractivity contribution in [2.75, 3.05) is 6.61 Å². The molecule has 1 aliphatic rings. The molecule has 0 radical (unpaired) electrons. The third kappa shape index (κ3) is 9.84. The van der Waals surface area contributed by atoms with Crippen LogP contribution >= 0.6 is 0 Å². The van der Waals surface area contributed by atoms with Crippen LogP contribution in [0.1, 0.15) is 72.3 Å². The summed E-state index contributed by atoms with van der Waals surface area (Å²) >= 11 is 0. The number of rotatable bonds is 11. The number of alkyl carbamates (subject to hydrolysis) is 1. The van der Waals surface area contributed by atoms with E-state index in [-0.39, 0.29) is 43.2 Å². The highest BCUT2D eigenvalue weighted by atomic mass is 16.6. The Morgan fingerprint density at radius 1 is 1.14 bits per heavy atom. The number of benzene rings is 1. The molecule has 0 aromatic heterocycles. The van der Waals surface area contributed by atoms with Crippen LogP contribution in [0, 0.1) is 11.8 Å². The topological polar surface area (TPSA) is 108 Å². The molecule has 1 fully saturated rings. The lowest BCUT2D eigenvalue weighted by Gasteiger charge is -2.38. The number of carbonyl (C=O) groups is 4. The number of hydrogen-bond donors (Lipinski definition) is 1. The van der Waals surface area contributed by atoms with Crippen LogP contribution < -0.4 is 5.32 Å². The maximum absolute atomic E-state index is 12.8. The van der Waals surface area contributed by atoms with Gasteiger partial charge in [0.05, 0.1) is 12.1 Å². The Bertz CT molecular complexity index is 935. The predicted molar refractivity (Wildman–Crippen MR) is 135 cm³/mol. The zero-order valence-electron chi connectivity index (χ0n) is 22.0. The van der Waals surface area contributed by atoms with Crippen molar-refractivity contribution >= 4 is 23.8 Å². The summed E-state index contributed by atoms with van der Waals surface area (Å²) in [5.74, 6) is -1.31. The second-order valence-electron chi connectivity index (χ2n) is 10.5. The average Bonchev–Trinajstić information content (AvgIpc) is 3.18. The molecule has 8 heteroatoms. The zero-order valence-corrected chi connectivity index (χ0v) is 22.0. The maximum atomic E-state index is 12.8. The van der Waals surface area contributed by atoms with E-state index in [1.165, 1.54) is 13.0 Å². The van der Waals surface area contributed by atoms with Crippen LogP contribution in [0.4, 0.5) is 4.79 Å². The van der Waals surface area contributed by atoms with Crippen LogP contribution in [0.3, 0.4) is 0 Å². The number of ether oxygens (including phenoxy) is 3. The Hall–Kier alpha value is -3.16. The number of nitrogens with one attached hydrogen (secondary N) is 1. The minimum absolute atomic E-state index is 0.00623. The summed E-state index contributed by atoms with van der Waals surface area (Å²) in [5.41, 5.74) is -0.457. The summed E-state index contributed by atoms with van der Waals surface area (Å²) in [4.78, 5) is 48.5. The maximum Gasteiger partial charge on any atom is 0.407 e. The van der Waals surface area contributed by atoms with Gasteiger partial charge in [-0.1, -0.05) is 49.8 Å². The van der Waals surface area contributed by atoms with Gasteiger partial charge in [0.1, 0.15) is 18.6 Å². The smallest absolute Gasteiger partial charge is 0.407 e. The molecule has 1 unspecified atom stereocenters. The number of hydrogen-bond acceptors (Lipinski definition) is 7. The van der Waals surface area contributed by atoms with Crippen LogP contribution in [0.2, 0.25) is 0 Å². The van der Waals surface area contributed by atoms with Crippen molar-refractivity contribution in [1.29, 1.82) is 0 Å². The predicted octanol–water partition coefficient (Wildman–Crippen LogP) is 4.90. The highest BCUT2D eigenvalue weighted by molar-refractivity contribution is 6.01. The van der Waals surface area contributed by atoms with Gasteiger partial charge in [0, 0.05) is 6.92 Å². The first-order chi connectivity index (χ1) is 16.9. The Morgan fingerprint density at radius 3 is 2.47 bits per heavy atom. The second-order valence-corrected chi connectivity index (χ2v) is 10.5. The van der Waals surface area contributed by atoms with E-state index in [1.54, 1.807) is 26.8 Å². The summed E-state index contributed by atoms with van der Waals surface area (Å²) < 4.78 is 15.9. The van der Waals surface area contributed by atoms with Gasteiger partial charge >= 0.3 is 18.0 Å². The molecule has 0 saturated heterocycles. The van der Waals surface area contributed by atoms with Crippen molar-refractivity contribution in [3.63, 3.8) is 0 Å². The number of ketones is 1. The molecule has 0 bridgehead atoms. The van der Waals surface area contributed by atoms with Gasteiger partial charge in [-0.3, -0.25) is 14.4 Å². The van der Waals surface area contributed by atoms with Gasteiger partial charge in [-0.25, -0.2) is 4.79 Å². The Morgan fingerprint density at radius 2 is 1.83 bits per heavy atom. The molecule has 3 atom stereocenters. The number of allylic oxidation sites excluding steroid dienone is 1. The molecule has 198 valence electrons. The van der Waals surface area contributed by atoms with E-state index in [0.29, 0.717) is 12.8 Å². The van der Waals surface area contributed by atoms with Crippen LogP contribution in [0.15, 0.2) is 42.5 Å². The van der Waals surface area contributed by atoms with E-state index in [1.807, 2.05) is 37.3 Å². The summed E-state index contributed by atoms with van der Waals surface area (Å²) in [6.45, 7) is 8.97. The molecular formula is C28H39NO7. The van der Waals surface area contributed by atoms with Gasteiger partial charge in [-0.15, -0.1) is 0 Å². The molecule has 1 N–H and O–H groups in total. The quantitative estimate of drug-likeness (QED) is 0.199. The minimum atomic E-state index is -0.671. The first-order valence-electron chi connectivity index (χ1n) is 12.4. The monoisotopic (exact) mass is 501 g/mol. The van der Waals surface area contributed by atoms with Crippen LogP contribution in [-0.2, 0) is 35.2 Å². The Balaban J connectivity index is 2.10. The van der Waals surface area contributed by atoms with Crippen LogP contribution in [-0.4, -0.2) is 41.6 Å². The largest absolute Gasteiger partial charge is 0.466 e. The standard InChI is InChI=1S/C28H39NO7/c1-20(18-34-21(2)30)24-14-10-16-28(24,29-26(33)35-19-22-11-7-6-8-12-22)15-9-13-23(31)17-25(32)36-27(3,4)5/h6-9,11-13,20,24H,10,14-19H2,1-5H3,(H,29,33)/b13-9+/t20-,24?,28+/m0/s1. The summed E-state index contributed by atoms with van der Waals surface area (Å²) in [6, 6.07) is 9.40. The Labute approximate surface area is 213 Å². The number of esters is 2. The van der Waals surface area contributed by atoms with Gasteiger partial charge in [-0.2, -0.15) is 0 Å². The van der Waals surface area contributed by atoms with E-state index >= 15 is 0 Å². The molecule has 0 heterocycles. The number of amides is 1. The Kier molecular flexibility index (Phi) is 10.7. The van der Waals surface area contributed by atoms with Gasteiger partial charge in [0.15, 0.2) is 5.78 Å². The van der Waals surface area contributed by atoms with Crippen molar-refractivity contribution in [1.82, 2.24) is 5.32 Å². The SMILES string of the molecule is CC(=O)OC[C@H](C)C1CCC[C@@]1(C/C=C/C(=O)CC(=O)OC(C)(C)C)NC(=O)OCc1ccccc1. The van der Waals surface area contributed by atoms with Crippen molar-refractivity contribution in [2.45, 2.75) is 84.5 Å². The van der Waals surface area contributed by atoms with E-state index in [0.717, 1.165) is 18.4 Å². The van der Waals surface area contributed by atoms with Gasteiger partial charge in [0.2, 0.25) is 0 Å². The third-order valence-electron chi connectivity index (χ3n) is 6.17. The molecule has 1 aliphatic carbocycles. The van der Waals surface area contributed by atoms with Gasteiger partial charge in [-0.05, 0) is 63.5 Å². The fraction of sp³-hybridized carbons (Fsp3) is 0.571. The molecule has 2 rings (SSSR count). The van der Waals surface area contributed by atoms with E-state index < -0.39 is 23.2 Å². The summed E-state index contributed by atoms with van der Waals surface area (Å²) in [5, 5.41) is 3.07. The molecule has 0 spiro atoms. The van der Waals surface area contributed by atoms with E-state index in [2.05, 4.69) is 5.32 Å². The second kappa shape index (κ2) is 13.2. The normalized spacial score (nSPS) is 20.5. The minimum Gasteiger partial charge on any atom is -0.466 e. The van der Waals surface area contributed by atoms with Crippen molar-refractivity contribution in [2.24, 2.45) is 11.8 Å². The summed E-state index contributed by atoms with van der Waals surface area (Å²) in [6.07, 6.45) is 4.94. The molecule has 8 nitrogen and oxygen atoms in total. The molecular weight excluding hydrogens is 462 g/mol. The van der Waals surface area contributed by atoms with E-state index in [4.69, 9.17) is 14.2 Å². The van der Waals surface area contributed by atoms with Crippen molar-refractivity contribution < 1.29 is 33.4 Å².